The van der Waals surface area contributed by atoms with Crippen LogP contribution in [-0.2, 0) is 6.54 Å². The maximum atomic E-state index is 5.48. The molecule has 0 aliphatic carbocycles. The van der Waals surface area contributed by atoms with E-state index in [-0.39, 0.29) is 6.04 Å². The molecule has 2 heteroatoms. The van der Waals surface area contributed by atoms with Crippen LogP contribution < -0.4 is 5.32 Å². The van der Waals surface area contributed by atoms with E-state index >= 15 is 0 Å². The highest BCUT2D eigenvalue weighted by Gasteiger charge is 2.10. The molecule has 1 heterocycles. The van der Waals surface area contributed by atoms with Crippen molar-refractivity contribution in [1.82, 2.24) is 5.32 Å². The number of benzene rings is 2. The molecule has 0 saturated carbocycles. The van der Waals surface area contributed by atoms with Gasteiger partial charge in [0.25, 0.3) is 0 Å². The first-order valence-electron chi connectivity index (χ1n) is 7.00. The third-order valence-corrected chi connectivity index (χ3v) is 3.83. The highest BCUT2D eigenvalue weighted by atomic mass is 16.3. The number of nitrogens with one attached hydrogen (secondary N) is 1. The van der Waals surface area contributed by atoms with E-state index in [1.165, 1.54) is 21.9 Å². The van der Waals surface area contributed by atoms with Crippen molar-refractivity contribution in [3.8, 4) is 0 Å². The maximum absolute atomic E-state index is 5.48. The lowest BCUT2D eigenvalue weighted by molar-refractivity contribution is 0.459. The first kappa shape index (κ1) is 12.9. The Balaban J connectivity index is 1.82. The summed E-state index contributed by atoms with van der Waals surface area (Å²) in [5.41, 5.74) is 2.52. The number of rotatable bonds is 4. The van der Waals surface area contributed by atoms with Crippen molar-refractivity contribution in [2.75, 3.05) is 0 Å². The second kappa shape index (κ2) is 5.51. The van der Waals surface area contributed by atoms with Gasteiger partial charge in [0.05, 0.1) is 12.8 Å². The van der Waals surface area contributed by atoms with Crippen LogP contribution in [0.3, 0.4) is 0 Å². The minimum absolute atomic E-state index is 0.283. The van der Waals surface area contributed by atoms with Crippen LogP contribution in [0.1, 0.15) is 29.9 Å². The zero-order valence-corrected chi connectivity index (χ0v) is 11.9. The monoisotopic (exact) mass is 265 g/mol. The van der Waals surface area contributed by atoms with Crippen molar-refractivity contribution in [3.63, 3.8) is 0 Å². The standard InChI is InChI=1S/C18H19NO/c1-13-10-11-20-18(13)12-19-14(2)16-9-5-7-15-6-3-4-8-17(15)16/h3-11,14,19H,12H2,1-2H3. The number of fused-ring (bicyclic) bond motifs is 1. The predicted octanol–water partition coefficient (Wildman–Crippen LogP) is 4.59. The molecule has 0 amide bonds. The molecular weight excluding hydrogens is 246 g/mol. The van der Waals surface area contributed by atoms with E-state index in [4.69, 9.17) is 4.42 Å². The second-order valence-corrected chi connectivity index (χ2v) is 5.20. The van der Waals surface area contributed by atoms with E-state index in [0.717, 1.165) is 12.3 Å². The minimum Gasteiger partial charge on any atom is -0.468 e. The molecule has 1 atom stereocenters. The molecule has 0 fully saturated rings. The molecule has 1 N–H and O–H groups in total. The van der Waals surface area contributed by atoms with Crippen LogP contribution in [0.15, 0.2) is 59.2 Å². The summed E-state index contributed by atoms with van der Waals surface area (Å²) < 4.78 is 5.48. The van der Waals surface area contributed by atoms with Gasteiger partial charge in [-0.25, -0.2) is 0 Å². The van der Waals surface area contributed by atoms with Crippen molar-refractivity contribution in [2.24, 2.45) is 0 Å². The number of hydrogen-bond donors (Lipinski definition) is 1. The van der Waals surface area contributed by atoms with Crippen molar-refractivity contribution in [2.45, 2.75) is 26.4 Å². The first-order chi connectivity index (χ1) is 9.75. The number of hydrogen-bond acceptors (Lipinski definition) is 2. The van der Waals surface area contributed by atoms with Gasteiger partial charge in [-0.15, -0.1) is 0 Å². The van der Waals surface area contributed by atoms with Crippen LogP contribution in [0.5, 0.6) is 0 Å². The number of furan rings is 1. The largest absolute Gasteiger partial charge is 0.468 e. The van der Waals surface area contributed by atoms with Gasteiger partial charge in [-0.1, -0.05) is 42.5 Å². The lowest BCUT2D eigenvalue weighted by atomic mass is 9.99. The summed E-state index contributed by atoms with van der Waals surface area (Å²) in [6.45, 7) is 5.02. The van der Waals surface area contributed by atoms with Gasteiger partial charge in [0.1, 0.15) is 5.76 Å². The van der Waals surface area contributed by atoms with Crippen LogP contribution in [0, 0.1) is 6.92 Å². The average molecular weight is 265 g/mol. The van der Waals surface area contributed by atoms with Crippen molar-refractivity contribution < 1.29 is 4.42 Å². The normalized spacial score (nSPS) is 12.7. The molecule has 0 radical (unpaired) electrons. The average Bonchev–Trinajstić information content (AvgIpc) is 2.89. The molecule has 1 aromatic heterocycles. The molecule has 0 aliphatic heterocycles. The fourth-order valence-electron chi connectivity index (χ4n) is 2.57. The Morgan fingerprint density at radius 2 is 1.85 bits per heavy atom. The fraction of sp³-hybridized carbons (Fsp3) is 0.222. The highest BCUT2D eigenvalue weighted by molar-refractivity contribution is 5.86. The van der Waals surface area contributed by atoms with Gasteiger partial charge >= 0.3 is 0 Å². The van der Waals surface area contributed by atoms with Gasteiger partial charge in [-0.3, -0.25) is 0 Å². The van der Waals surface area contributed by atoms with E-state index in [2.05, 4.69) is 61.6 Å². The Morgan fingerprint density at radius 3 is 2.65 bits per heavy atom. The molecule has 3 aromatic rings. The molecule has 0 spiro atoms. The van der Waals surface area contributed by atoms with Gasteiger partial charge in [-0.2, -0.15) is 0 Å². The number of aryl methyl sites for hydroxylation is 1. The van der Waals surface area contributed by atoms with E-state index in [1.54, 1.807) is 6.26 Å². The Bertz CT molecular complexity index is 709. The quantitative estimate of drug-likeness (QED) is 0.746. The summed E-state index contributed by atoms with van der Waals surface area (Å²) in [5.74, 6) is 1.01. The smallest absolute Gasteiger partial charge is 0.120 e. The van der Waals surface area contributed by atoms with E-state index < -0.39 is 0 Å². The van der Waals surface area contributed by atoms with Crippen molar-refractivity contribution >= 4 is 10.8 Å². The lowest BCUT2D eigenvalue weighted by Gasteiger charge is -2.16. The summed E-state index contributed by atoms with van der Waals surface area (Å²) in [7, 11) is 0. The van der Waals surface area contributed by atoms with Gasteiger partial charge in [0.2, 0.25) is 0 Å². The van der Waals surface area contributed by atoms with Gasteiger partial charge in [0.15, 0.2) is 0 Å². The molecule has 0 aliphatic rings. The third kappa shape index (κ3) is 2.47. The van der Waals surface area contributed by atoms with Gasteiger partial charge < -0.3 is 9.73 Å². The molecule has 2 aromatic carbocycles. The molecule has 3 rings (SSSR count). The third-order valence-electron chi connectivity index (χ3n) is 3.83. The molecule has 102 valence electrons. The summed E-state index contributed by atoms with van der Waals surface area (Å²) in [6.07, 6.45) is 1.74. The zero-order chi connectivity index (χ0) is 13.9. The van der Waals surface area contributed by atoms with Crippen LogP contribution in [-0.4, -0.2) is 0 Å². The summed E-state index contributed by atoms with van der Waals surface area (Å²) in [5, 5.41) is 6.14. The summed E-state index contributed by atoms with van der Waals surface area (Å²) in [6, 6.07) is 17.3. The molecule has 2 nitrogen and oxygen atoms in total. The maximum Gasteiger partial charge on any atom is 0.120 e. The van der Waals surface area contributed by atoms with Gasteiger partial charge in [0, 0.05) is 6.04 Å². The van der Waals surface area contributed by atoms with Crippen LogP contribution in [0.2, 0.25) is 0 Å². The Labute approximate surface area is 119 Å². The van der Waals surface area contributed by atoms with E-state index in [0.29, 0.717) is 0 Å². The van der Waals surface area contributed by atoms with Crippen molar-refractivity contribution in [1.29, 1.82) is 0 Å². The molecular formula is C18H19NO. The molecule has 20 heavy (non-hydrogen) atoms. The van der Waals surface area contributed by atoms with E-state index in [9.17, 15) is 0 Å². The predicted molar refractivity (Wildman–Crippen MR) is 82.6 cm³/mol. The zero-order valence-electron chi connectivity index (χ0n) is 11.9. The minimum atomic E-state index is 0.283. The van der Waals surface area contributed by atoms with E-state index in [1.807, 2.05) is 6.07 Å². The van der Waals surface area contributed by atoms with Crippen LogP contribution in [0.25, 0.3) is 10.8 Å². The second-order valence-electron chi connectivity index (χ2n) is 5.20. The highest BCUT2D eigenvalue weighted by Crippen LogP contribution is 2.24. The van der Waals surface area contributed by atoms with Crippen LogP contribution in [0.4, 0.5) is 0 Å². The lowest BCUT2D eigenvalue weighted by Crippen LogP contribution is -2.18. The summed E-state index contributed by atoms with van der Waals surface area (Å²) in [4.78, 5) is 0. The first-order valence-corrected chi connectivity index (χ1v) is 7.00. The van der Waals surface area contributed by atoms with Gasteiger partial charge in [-0.05, 0) is 41.8 Å². The molecule has 1 unspecified atom stereocenters. The molecule has 0 bridgehead atoms. The Morgan fingerprint density at radius 1 is 1.05 bits per heavy atom. The molecule has 0 saturated heterocycles. The Hall–Kier alpha value is -2.06. The van der Waals surface area contributed by atoms with Crippen LogP contribution >= 0.6 is 0 Å². The van der Waals surface area contributed by atoms with Crippen molar-refractivity contribution in [3.05, 3.63) is 71.7 Å². The fourth-order valence-corrected chi connectivity index (χ4v) is 2.57. The topological polar surface area (TPSA) is 25.2 Å². The summed E-state index contributed by atoms with van der Waals surface area (Å²) >= 11 is 0. The SMILES string of the molecule is Cc1ccoc1CNC(C)c1cccc2ccccc12. The Kier molecular flexibility index (Phi) is 3.57.